The number of ether oxygens (including phenoxy) is 1. The van der Waals surface area contributed by atoms with E-state index in [-0.39, 0.29) is 6.04 Å². The predicted octanol–water partition coefficient (Wildman–Crippen LogP) is 2.94. The molecule has 1 aromatic rings. The number of aliphatic hydroxyl groups excluding tert-OH is 1. The van der Waals surface area contributed by atoms with E-state index in [1.54, 1.807) is 0 Å². The Morgan fingerprint density at radius 3 is 2.53 bits per heavy atom. The molecule has 19 heavy (non-hydrogen) atoms. The molecule has 0 fully saturated rings. The molecule has 0 saturated carbocycles. The van der Waals surface area contributed by atoms with Gasteiger partial charge < -0.3 is 15.2 Å². The Labute approximate surface area is 114 Å². The molecule has 4 heteroatoms. The highest BCUT2D eigenvalue weighted by Gasteiger charge is 2.24. The first-order valence-corrected chi connectivity index (χ1v) is 6.66. The van der Waals surface area contributed by atoms with Crippen LogP contribution in [0, 0.1) is 6.92 Å². The number of aliphatic hydroxyl groups is 1. The van der Waals surface area contributed by atoms with E-state index in [0.29, 0.717) is 6.42 Å². The van der Waals surface area contributed by atoms with Crippen LogP contribution < -0.4 is 5.32 Å². The van der Waals surface area contributed by atoms with Crippen LogP contribution in [0.25, 0.3) is 0 Å². The molecular formula is C15H23NO3. The standard InChI is InChI=1S/C15H23NO3/c1-5-13(19-15(18)16-10(2)3)14(17)12-9-7-6-8-11(12)4/h6-10,13-14,17H,5H2,1-4H3,(H,16,18). The molecule has 1 aromatic carbocycles. The first kappa shape index (κ1) is 15.5. The van der Waals surface area contributed by atoms with Gasteiger partial charge in [-0.1, -0.05) is 31.2 Å². The number of amides is 1. The summed E-state index contributed by atoms with van der Waals surface area (Å²) in [6.45, 7) is 7.54. The Morgan fingerprint density at radius 1 is 1.37 bits per heavy atom. The lowest BCUT2D eigenvalue weighted by Gasteiger charge is -2.24. The normalized spacial score (nSPS) is 14.0. The van der Waals surface area contributed by atoms with Crippen LogP contribution in [0.1, 0.15) is 44.4 Å². The van der Waals surface area contributed by atoms with Crippen molar-refractivity contribution in [1.29, 1.82) is 0 Å². The van der Waals surface area contributed by atoms with E-state index < -0.39 is 18.3 Å². The van der Waals surface area contributed by atoms with Gasteiger partial charge in [0.05, 0.1) is 0 Å². The molecule has 2 N–H and O–H groups in total. The topological polar surface area (TPSA) is 58.6 Å². The number of hydrogen-bond acceptors (Lipinski definition) is 3. The summed E-state index contributed by atoms with van der Waals surface area (Å²) in [7, 11) is 0. The molecule has 2 unspecified atom stereocenters. The fourth-order valence-electron chi connectivity index (χ4n) is 1.90. The number of hydrogen-bond donors (Lipinski definition) is 2. The molecular weight excluding hydrogens is 242 g/mol. The third-order valence-corrected chi connectivity index (χ3v) is 2.93. The van der Waals surface area contributed by atoms with Crippen LogP contribution in [-0.4, -0.2) is 23.3 Å². The van der Waals surface area contributed by atoms with E-state index in [9.17, 15) is 9.90 Å². The van der Waals surface area contributed by atoms with Gasteiger partial charge in [-0.3, -0.25) is 0 Å². The predicted molar refractivity (Wildman–Crippen MR) is 75.0 cm³/mol. The number of rotatable bonds is 5. The number of aryl methyl sites for hydroxylation is 1. The van der Waals surface area contributed by atoms with Crippen molar-refractivity contribution in [2.75, 3.05) is 0 Å². The maximum atomic E-state index is 11.6. The molecule has 0 saturated heterocycles. The molecule has 0 aliphatic heterocycles. The minimum atomic E-state index is -0.802. The molecule has 0 heterocycles. The van der Waals surface area contributed by atoms with Crippen molar-refractivity contribution in [3.8, 4) is 0 Å². The molecule has 1 rings (SSSR count). The number of alkyl carbamates (subject to hydrolysis) is 1. The lowest BCUT2D eigenvalue weighted by molar-refractivity contribution is -0.00127. The van der Waals surface area contributed by atoms with Crippen molar-refractivity contribution in [1.82, 2.24) is 5.32 Å². The smallest absolute Gasteiger partial charge is 0.407 e. The van der Waals surface area contributed by atoms with Crippen LogP contribution in [0.15, 0.2) is 24.3 Å². The molecule has 4 nitrogen and oxygen atoms in total. The zero-order valence-electron chi connectivity index (χ0n) is 12.0. The summed E-state index contributed by atoms with van der Waals surface area (Å²) < 4.78 is 5.28. The molecule has 0 aliphatic rings. The third kappa shape index (κ3) is 4.56. The summed E-state index contributed by atoms with van der Waals surface area (Å²) in [5.41, 5.74) is 1.79. The largest absolute Gasteiger partial charge is 0.443 e. The van der Waals surface area contributed by atoms with Crippen LogP contribution in [0.5, 0.6) is 0 Å². The number of carbonyl (C=O) groups excluding carboxylic acids is 1. The van der Waals surface area contributed by atoms with E-state index in [1.807, 2.05) is 52.0 Å². The lowest BCUT2D eigenvalue weighted by atomic mass is 9.98. The van der Waals surface area contributed by atoms with Gasteiger partial charge in [0.2, 0.25) is 0 Å². The molecule has 1 amide bonds. The van der Waals surface area contributed by atoms with Crippen molar-refractivity contribution >= 4 is 6.09 Å². The zero-order valence-corrected chi connectivity index (χ0v) is 12.0. The molecule has 0 radical (unpaired) electrons. The maximum Gasteiger partial charge on any atom is 0.407 e. The SMILES string of the molecule is CCC(OC(=O)NC(C)C)C(O)c1ccccc1C. The van der Waals surface area contributed by atoms with Crippen molar-refractivity contribution in [3.63, 3.8) is 0 Å². The summed E-state index contributed by atoms with van der Waals surface area (Å²) in [4.78, 5) is 11.6. The van der Waals surface area contributed by atoms with Crippen LogP contribution in [0.2, 0.25) is 0 Å². The molecule has 0 spiro atoms. The Balaban J connectivity index is 2.74. The van der Waals surface area contributed by atoms with Gasteiger partial charge in [-0.05, 0) is 38.3 Å². The summed E-state index contributed by atoms with van der Waals surface area (Å²) in [5, 5.41) is 13.0. The molecule has 2 atom stereocenters. The van der Waals surface area contributed by atoms with E-state index in [2.05, 4.69) is 5.32 Å². The van der Waals surface area contributed by atoms with Crippen molar-refractivity contribution in [3.05, 3.63) is 35.4 Å². The monoisotopic (exact) mass is 265 g/mol. The van der Waals surface area contributed by atoms with Gasteiger partial charge in [0.1, 0.15) is 12.2 Å². The highest BCUT2D eigenvalue weighted by atomic mass is 16.6. The minimum absolute atomic E-state index is 0.0145. The van der Waals surface area contributed by atoms with E-state index in [0.717, 1.165) is 11.1 Å². The average molecular weight is 265 g/mol. The Morgan fingerprint density at radius 2 is 2.00 bits per heavy atom. The highest BCUT2D eigenvalue weighted by molar-refractivity contribution is 5.67. The second-order valence-electron chi connectivity index (χ2n) is 4.95. The number of nitrogens with one attached hydrogen (secondary N) is 1. The second kappa shape index (κ2) is 7.14. The summed E-state index contributed by atoms with van der Waals surface area (Å²) in [6, 6.07) is 7.58. The third-order valence-electron chi connectivity index (χ3n) is 2.93. The molecule has 0 aliphatic carbocycles. The van der Waals surface area contributed by atoms with Gasteiger partial charge in [0, 0.05) is 6.04 Å². The minimum Gasteiger partial charge on any atom is -0.443 e. The first-order valence-electron chi connectivity index (χ1n) is 6.66. The van der Waals surface area contributed by atoms with Crippen molar-refractivity contribution in [2.45, 2.75) is 52.4 Å². The van der Waals surface area contributed by atoms with Gasteiger partial charge in [0.15, 0.2) is 0 Å². The highest BCUT2D eigenvalue weighted by Crippen LogP contribution is 2.24. The molecule has 0 aromatic heterocycles. The summed E-state index contributed by atoms with van der Waals surface area (Å²) in [6.07, 6.45) is -1.28. The van der Waals surface area contributed by atoms with Crippen molar-refractivity contribution < 1.29 is 14.6 Å². The quantitative estimate of drug-likeness (QED) is 0.860. The van der Waals surface area contributed by atoms with Gasteiger partial charge in [-0.2, -0.15) is 0 Å². The van der Waals surface area contributed by atoms with Gasteiger partial charge in [-0.25, -0.2) is 4.79 Å². The van der Waals surface area contributed by atoms with Crippen LogP contribution >= 0.6 is 0 Å². The van der Waals surface area contributed by atoms with Crippen LogP contribution in [-0.2, 0) is 4.74 Å². The molecule has 106 valence electrons. The number of carbonyl (C=O) groups is 1. The maximum absolute atomic E-state index is 11.6. The van der Waals surface area contributed by atoms with Crippen LogP contribution in [0.3, 0.4) is 0 Å². The second-order valence-corrected chi connectivity index (χ2v) is 4.95. The Kier molecular flexibility index (Phi) is 5.83. The van der Waals surface area contributed by atoms with Gasteiger partial charge in [-0.15, -0.1) is 0 Å². The first-order chi connectivity index (χ1) is 8.95. The Bertz CT molecular complexity index is 418. The molecule has 0 bridgehead atoms. The van der Waals surface area contributed by atoms with E-state index in [4.69, 9.17) is 4.74 Å². The van der Waals surface area contributed by atoms with Crippen LogP contribution in [0.4, 0.5) is 4.79 Å². The van der Waals surface area contributed by atoms with Crippen molar-refractivity contribution in [2.24, 2.45) is 0 Å². The van der Waals surface area contributed by atoms with Gasteiger partial charge >= 0.3 is 6.09 Å². The summed E-state index contributed by atoms with van der Waals surface area (Å²) in [5.74, 6) is 0. The zero-order chi connectivity index (χ0) is 14.4. The van der Waals surface area contributed by atoms with Gasteiger partial charge in [0.25, 0.3) is 0 Å². The fourth-order valence-corrected chi connectivity index (χ4v) is 1.90. The lowest BCUT2D eigenvalue weighted by Crippen LogP contribution is -2.35. The number of benzene rings is 1. The van der Waals surface area contributed by atoms with E-state index >= 15 is 0 Å². The van der Waals surface area contributed by atoms with E-state index in [1.165, 1.54) is 0 Å². The summed E-state index contributed by atoms with van der Waals surface area (Å²) >= 11 is 0. The fraction of sp³-hybridized carbons (Fsp3) is 0.533. The Hall–Kier alpha value is -1.55. The average Bonchev–Trinajstić information content (AvgIpc) is 2.35.